The van der Waals surface area contributed by atoms with Crippen LogP contribution in [0.4, 0.5) is 23.7 Å². The highest BCUT2D eigenvalue weighted by Gasteiger charge is 2.30. The van der Waals surface area contributed by atoms with E-state index in [1.807, 2.05) is 57.3 Å². The zero-order valence-corrected chi connectivity index (χ0v) is 24.6. The Labute approximate surface area is 249 Å². The molecule has 7 nitrogen and oxygen atoms in total. The van der Waals surface area contributed by atoms with E-state index in [4.69, 9.17) is 4.74 Å². The lowest BCUT2D eigenvalue weighted by molar-refractivity contribution is -0.137. The number of para-hydroxylation sites is 3. The molecule has 0 unspecified atom stereocenters. The van der Waals surface area contributed by atoms with Gasteiger partial charge in [0.05, 0.1) is 17.9 Å². The normalized spacial score (nSPS) is 11.5. The first-order valence-corrected chi connectivity index (χ1v) is 14.3. The second-order valence-electron chi connectivity index (χ2n) is 10.8. The summed E-state index contributed by atoms with van der Waals surface area (Å²) in [6.45, 7) is 6.72. The fourth-order valence-corrected chi connectivity index (χ4v) is 4.87. The maximum absolute atomic E-state index is 13.8. The highest BCUT2D eigenvalue weighted by molar-refractivity contribution is 5.93. The average molecular weight is 595 g/mol. The first-order valence-electron chi connectivity index (χ1n) is 14.3. The van der Waals surface area contributed by atoms with E-state index in [9.17, 15) is 22.8 Å². The summed E-state index contributed by atoms with van der Waals surface area (Å²) >= 11 is 0. The molecule has 4 aromatic rings. The van der Waals surface area contributed by atoms with E-state index in [1.165, 1.54) is 17.0 Å². The van der Waals surface area contributed by atoms with Crippen LogP contribution < -0.4 is 10.1 Å². The third-order valence-corrected chi connectivity index (χ3v) is 6.96. The number of ether oxygens (including phenoxy) is 1. The van der Waals surface area contributed by atoms with Crippen molar-refractivity contribution in [2.75, 3.05) is 31.6 Å². The van der Waals surface area contributed by atoms with Crippen molar-refractivity contribution >= 4 is 28.5 Å². The third-order valence-electron chi connectivity index (χ3n) is 6.96. The Balaban J connectivity index is 1.55. The summed E-state index contributed by atoms with van der Waals surface area (Å²) in [7, 11) is 0. The van der Waals surface area contributed by atoms with E-state index < -0.39 is 17.8 Å². The molecule has 0 bridgehead atoms. The summed E-state index contributed by atoms with van der Waals surface area (Å²) in [6.07, 6.45) is -2.02. The Bertz CT molecular complexity index is 1520. The van der Waals surface area contributed by atoms with Gasteiger partial charge in [0.15, 0.2) is 0 Å². The van der Waals surface area contributed by atoms with Crippen LogP contribution in [0.1, 0.15) is 37.5 Å². The van der Waals surface area contributed by atoms with Crippen molar-refractivity contribution in [3.05, 3.63) is 95.7 Å². The number of aromatic nitrogens is 1. The van der Waals surface area contributed by atoms with Crippen molar-refractivity contribution in [3.63, 3.8) is 0 Å². The van der Waals surface area contributed by atoms with E-state index in [0.29, 0.717) is 43.1 Å². The molecular weight excluding hydrogens is 557 g/mol. The highest BCUT2D eigenvalue weighted by Crippen LogP contribution is 2.29. The molecule has 0 aliphatic rings. The summed E-state index contributed by atoms with van der Waals surface area (Å²) in [5.41, 5.74) is 2.30. The van der Waals surface area contributed by atoms with Crippen LogP contribution >= 0.6 is 0 Å². The van der Waals surface area contributed by atoms with Gasteiger partial charge in [-0.3, -0.25) is 4.79 Å². The molecule has 0 aliphatic carbocycles. The third kappa shape index (κ3) is 8.53. The SMILES string of the molecule is CCOc1ccccc1NC(=O)N(CC(=O)N(CCc1c[nH]c2ccccc12)Cc1ccc(C(F)(F)F)cc1)CC(C)C. The lowest BCUT2D eigenvalue weighted by atomic mass is 10.1. The molecular formula is C33H37F3N4O3. The van der Waals surface area contributed by atoms with Crippen LogP contribution in [0, 0.1) is 5.92 Å². The molecule has 1 aromatic heterocycles. The standard InChI is InChI=1S/C33H37F3N4O3/c1-4-43-30-12-8-7-11-29(30)38-32(42)40(20-23(2)3)22-31(41)39(21-24-13-15-26(16-14-24)33(34,35)36)18-17-25-19-37-28-10-6-5-9-27(25)28/h5-16,19,23,37H,4,17-18,20-22H2,1-3H3,(H,38,42). The minimum atomic E-state index is -4.45. The number of H-pyrrole nitrogens is 1. The Kier molecular flexibility index (Phi) is 10.3. The number of halogens is 3. The number of aromatic amines is 1. The van der Waals surface area contributed by atoms with Gasteiger partial charge in [0.1, 0.15) is 12.3 Å². The van der Waals surface area contributed by atoms with Gasteiger partial charge in [-0.05, 0) is 60.7 Å². The summed E-state index contributed by atoms with van der Waals surface area (Å²) in [4.78, 5) is 33.5. The van der Waals surface area contributed by atoms with E-state index in [-0.39, 0.29) is 24.9 Å². The number of benzene rings is 3. The van der Waals surface area contributed by atoms with Crippen LogP contribution in [0.25, 0.3) is 10.9 Å². The topological polar surface area (TPSA) is 77.7 Å². The van der Waals surface area contributed by atoms with Gasteiger partial charge in [-0.15, -0.1) is 0 Å². The van der Waals surface area contributed by atoms with E-state index in [1.54, 1.807) is 23.1 Å². The van der Waals surface area contributed by atoms with Crippen molar-refractivity contribution in [3.8, 4) is 5.75 Å². The minimum Gasteiger partial charge on any atom is -0.492 e. The number of anilines is 1. The summed E-state index contributed by atoms with van der Waals surface area (Å²) in [5, 5.41) is 3.91. The molecule has 43 heavy (non-hydrogen) atoms. The number of carbonyl (C=O) groups is 2. The van der Waals surface area contributed by atoms with Crippen molar-refractivity contribution in [2.45, 2.75) is 39.9 Å². The molecule has 10 heteroatoms. The molecule has 3 amide bonds. The van der Waals surface area contributed by atoms with Crippen molar-refractivity contribution < 1.29 is 27.5 Å². The number of carbonyl (C=O) groups excluding carboxylic acids is 2. The highest BCUT2D eigenvalue weighted by atomic mass is 19.4. The van der Waals surface area contributed by atoms with Gasteiger partial charge < -0.3 is 24.8 Å². The van der Waals surface area contributed by atoms with Crippen LogP contribution in [0.5, 0.6) is 5.75 Å². The maximum atomic E-state index is 13.8. The Morgan fingerprint density at radius 2 is 1.65 bits per heavy atom. The van der Waals surface area contributed by atoms with Crippen molar-refractivity contribution in [1.29, 1.82) is 0 Å². The number of hydrogen-bond acceptors (Lipinski definition) is 3. The van der Waals surface area contributed by atoms with Gasteiger partial charge in [-0.25, -0.2) is 4.79 Å². The van der Waals surface area contributed by atoms with Crippen LogP contribution in [-0.4, -0.2) is 53.0 Å². The molecule has 2 N–H and O–H groups in total. The van der Waals surface area contributed by atoms with E-state index >= 15 is 0 Å². The summed E-state index contributed by atoms with van der Waals surface area (Å²) in [5.74, 6) is 0.292. The monoisotopic (exact) mass is 594 g/mol. The Hall–Kier alpha value is -4.47. The predicted molar refractivity (Wildman–Crippen MR) is 162 cm³/mol. The Morgan fingerprint density at radius 1 is 0.953 bits per heavy atom. The molecule has 3 aromatic carbocycles. The number of fused-ring (bicyclic) bond motifs is 1. The fourth-order valence-electron chi connectivity index (χ4n) is 4.87. The molecule has 0 saturated heterocycles. The van der Waals surface area contributed by atoms with Gasteiger partial charge in [0.25, 0.3) is 0 Å². The number of amides is 3. The summed E-state index contributed by atoms with van der Waals surface area (Å²) < 4.78 is 45.1. The Morgan fingerprint density at radius 3 is 2.35 bits per heavy atom. The maximum Gasteiger partial charge on any atom is 0.416 e. The molecule has 0 radical (unpaired) electrons. The predicted octanol–water partition coefficient (Wildman–Crippen LogP) is 7.35. The molecule has 0 fully saturated rings. The molecule has 228 valence electrons. The molecule has 1 heterocycles. The van der Waals surface area contributed by atoms with Crippen molar-refractivity contribution in [2.24, 2.45) is 5.92 Å². The zero-order chi connectivity index (χ0) is 31.0. The van der Waals surface area contributed by atoms with E-state index in [0.717, 1.165) is 28.6 Å². The number of rotatable bonds is 12. The largest absolute Gasteiger partial charge is 0.492 e. The molecule has 0 atom stereocenters. The minimum absolute atomic E-state index is 0.0790. The van der Waals surface area contributed by atoms with Crippen LogP contribution in [-0.2, 0) is 23.9 Å². The lowest BCUT2D eigenvalue weighted by Crippen LogP contribution is -2.46. The van der Waals surface area contributed by atoms with Crippen LogP contribution in [0.15, 0.2) is 79.0 Å². The van der Waals surface area contributed by atoms with E-state index in [2.05, 4.69) is 10.3 Å². The van der Waals surface area contributed by atoms with Gasteiger partial charge in [0.2, 0.25) is 5.91 Å². The van der Waals surface area contributed by atoms with Crippen molar-refractivity contribution in [1.82, 2.24) is 14.8 Å². The number of urea groups is 1. The lowest BCUT2D eigenvalue weighted by Gasteiger charge is -2.29. The number of alkyl halides is 3. The molecule has 0 aliphatic heterocycles. The van der Waals surface area contributed by atoms with Crippen LogP contribution in [0.3, 0.4) is 0 Å². The average Bonchev–Trinajstić information content (AvgIpc) is 3.38. The fraction of sp³-hybridized carbons (Fsp3) is 0.333. The molecule has 0 saturated carbocycles. The zero-order valence-electron chi connectivity index (χ0n) is 24.6. The second kappa shape index (κ2) is 14.1. The molecule has 0 spiro atoms. The first kappa shape index (κ1) is 31.5. The van der Waals surface area contributed by atoms with Gasteiger partial charge in [0, 0.05) is 36.7 Å². The number of nitrogens with zero attached hydrogens (tertiary/aromatic N) is 2. The van der Waals surface area contributed by atoms with Crippen LogP contribution in [0.2, 0.25) is 0 Å². The number of nitrogens with one attached hydrogen (secondary N) is 2. The summed E-state index contributed by atoms with van der Waals surface area (Å²) in [6, 6.07) is 19.3. The smallest absolute Gasteiger partial charge is 0.416 e. The molecule has 4 rings (SSSR count). The van der Waals surface area contributed by atoms with Gasteiger partial charge in [-0.1, -0.05) is 56.3 Å². The second-order valence-corrected chi connectivity index (χ2v) is 10.8. The van der Waals surface area contributed by atoms with Gasteiger partial charge >= 0.3 is 12.2 Å². The first-order chi connectivity index (χ1) is 20.5. The van der Waals surface area contributed by atoms with Gasteiger partial charge in [-0.2, -0.15) is 13.2 Å². The quantitative estimate of drug-likeness (QED) is 0.180. The number of hydrogen-bond donors (Lipinski definition) is 2.